The number of aliphatic hydroxyl groups excluding tert-OH is 1. The molecule has 4 nitrogen and oxygen atoms in total. The summed E-state index contributed by atoms with van der Waals surface area (Å²) in [5.41, 5.74) is 0. The van der Waals surface area contributed by atoms with Gasteiger partial charge in [-0.15, -0.1) is 11.8 Å². The average molecular weight is 254 g/mol. The van der Waals surface area contributed by atoms with Gasteiger partial charge in [0.1, 0.15) is 0 Å². The van der Waals surface area contributed by atoms with Gasteiger partial charge in [0.2, 0.25) is 0 Å². The summed E-state index contributed by atoms with van der Waals surface area (Å²) >= 11 is 1.70. The van der Waals surface area contributed by atoms with Gasteiger partial charge in [-0.1, -0.05) is 18.2 Å². The molecular weight excluding hydrogens is 236 g/mol. The fraction of sp³-hybridized carbons (Fsp3) is 0.417. The molecule has 0 heterocycles. The Morgan fingerprint density at radius 3 is 2.76 bits per heavy atom. The molecule has 0 aliphatic heterocycles. The third-order valence-corrected chi connectivity index (χ3v) is 3.19. The Morgan fingerprint density at radius 1 is 1.41 bits per heavy atom. The van der Waals surface area contributed by atoms with Crippen molar-refractivity contribution in [3.63, 3.8) is 0 Å². The van der Waals surface area contributed by atoms with E-state index in [0.29, 0.717) is 13.1 Å². The Hall–Kier alpha value is -1.20. The van der Waals surface area contributed by atoms with Gasteiger partial charge in [-0.2, -0.15) is 0 Å². The molecule has 0 saturated carbocycles. The van der Waals surface area contributed by atoms with Crippen LogP contribution < -0.4 is 5.32 Å². The fourth-order valence-electron chi connectivity index (χ4n) is 1.23. The van der Waals surface area contributed by atoms with E-state index in [4.69, 9.17) is 5.11 Å². The van der Waals surface area contributed by atoms with Crippen molar-refractivity contribution in [2.75, 3.05) is 32.5 Å². The standard InChI is InChI=1S/C12H18N2O2S/c1-14(8-9-15)12(16)13-7-10-17-11-5-3-2-4-6-11/h2-6,15H,7-10H2,1H3,(H,13,16). The van der Waals surface area contributed by atoms with Crippen molar-refractivity contribution < 1.29 is 9.90 Å². The average Bonchev–Trinajstić information content (AvgIpc) is 2.36. The maximum absolute atomic E-state index is 11.4. The summed E-state index contributed by atoms with van der Waals surface area (Å²) in [6.45, 7) is 0.967. The van der Waals surface area contributed by atoms with Crippen LogP contribution in [0.4, 0.5) is 4.79 Å². The summed E-state index contributed by atoms with van der Waals surface area (Å²) in [5, 5.41) is 11.5. The lowest BCUT2D eigenvalue weighted by Crippen LogP contribution is -2.39. The molecule has 0 atom stereocenters. The van der Waals surface area contributed by atoms with Gasteiger partial charge >= 0.3 is 6.03 Å². The van der Waals surface area contributed by atoms with E-state index in [9.17, 15) is 4.79 Å². The van der Waals surface area contributed by atoms with Gasteiger partial charge in [-0.3, -0.25) is 0 Å². The summed E-state index contributed by atoms with van der Waals surface area (Å²) in [6, 6.07) is 9.92. The molecule has 0 aliphatic rings. The van der Waals surface area contributed by atoms with Crippen molar-refractivity contribution in [1.82, 2.24) is 10.2 Å². The topological polar surface area (TPSA) is 52.6 Å². The van der Waals surface area contributed by atoms with Crippen LogP contribution in [-0.2, 0) is 0 Å². The Morgan fingerprint density at radius 2 is 2.12 bits per heavy atom. The number of nitrogens with one attached hydrogen (secondary N) is 1. The van der Waals surface area contributed by atoms with Crippen LogP contribution >= 0.6 is 11.8 Å². The minimum Gasteiger partial charge on any atom is -0.395 e. The van der Waals surface area contributed by atoms with E-state index >= 15 is 0 Å². The largest absolute Gasteiger partial charge is 0.395 e. The highest BCUT2D eigenvalue weighted by Gasteiger charge is 2.05. The zero-order chi connectivity index (χ0) is 12.5. The molecule has 0 spiro atoms. The van der Waals surface area contributed by atoms with Gasteiger partial charge in [0.25, 0.3) is 0 Å². The normalized spacial score (nSPS) is 10.0. The highest BCUT2D eigenvalue weighted by molar-refractivity contribution is 7.99. The number of carbonyl (C=O) groups excluding carboxylic acids is 1. The molecule has 94 valence electrons. The third-order valence-electron chi connectivity index (χ3n) is 2.17. The van der Waals surface area contributed by atoms with Gasteiger partial charge in [-0.05, 0) is 12.1 Å². The minimum atomic E-state index is -0.146. The predicted octanol–water partition coefficient (Wildman–Crippen LogP) is 1.41. The lowest BCUT2D eigenvalue weighted by Gasteiger charge is -2.16. The summed E-state index contributed by atoms with van der Waals surface area (Å²) in [5.74, 6) is 0.836. The predicted molar refractivity (Wildman–Crippen MR) is 70.3 cm³/mol. The minimum absolute atomic E-state index is 0.0112. The maximum atomic E-state index is 11.4. The molecule has 1 aromatic rings. The number of carbonyl (C=O) groups is 1. The van der Waals surface area contributed by atoms with Crippen molar-refractivity contribution in [3.05, 3.63) is 30.3 Å². The first kappa shape index (κ1) is 13.9. The van der Waals surface area contributed by atoms with E-state index in [2.05, 4.69) is 5.32 Å². The molecule has 0 radical (unpaired) electrons. The van der Waals surface area contributed by atoms with E-state index in [1.165, 1.54) is 9.80 Å². The number of likely N-dealkylation sites (N-methyl/N-ethyl adjacent to an activating group) is 1. The van der Waals surface area contributed by atoms with Crippen LogP contribution in [0.3, 0.4) is 0 Å². The molecule has 1 rings (SSSR count). The molecule has 0 bridgehead atoms. The van der Waals surface area contributed by atoms with Crippen molar-refractivity contribution in [3.8, 4) is 0 Å². The van der Waals surface area contributed by atoms with E-state index in [-0.39, 0.29) is 12.6 Å². The van der Waals surface area contributed by atoms with E-state index in [1.807, 2.05) is 30.3 Å². The zero-order valence-electron chi connectivity index (χ0n) is 9.93. The summed E-state index contributed by atoms with van der Waals surface area (Å²) < 4.78 is 0. The van der Waals surface area contributed by atoms with Gasteiger partial charge in [0, 0.05) is 30.8 Å². The molecule has 0 fully saturated rings. The Labute approximate surface area is 106 Å². The van der Waals surface area contributed by atoms with E-state index < -0.39 is 0 Å². The van der Waals surface area contributed by atoms with Crippen molar-refractivity contribution >= 4 is 17.8 Å². The van der Waals surface area contributed by atoms with Crippen molar-refractivity contribution in [1.29, 1.82) is 0 Å². The number of hydrogen-bond donors (Lipinski definition) is 2. The first-order valence-corrected chi connectivity index (χ1v) is 6.50. The number of rotatable bonds is 6. The van der Waals surface area contributed by atoms with Crippen LogP contribution in [-0.4, -0.2) is 48.5 Å². The van der Waals surface area contributed by atoms with Crippen LogP contribution in [0.25, 0.3) is 0 Å². The van der Waals surface area contributed by atoms with Crippen molar-refractivity contribution in [2.45, 2.75) is 4.90 Å². The smallest absolute Gasteiger partial charge is 0.317 e. The summed E-state index contributed by atoms with van der Waals surface area (Å²) in [4.78, 5) is 14.1. The van der Waals surface area contributed by atoms with Gasteiger partial charge in [0.05, 0.1) is 6.61 Å². The number of amides is 2. The quantitative estimate of drug-likeness (QED) is 0.596. The molecular formula is C12H18N2O2S. The number of aliphatic hydroxyl groups is 1. The molecule has 0 saturated heterocycles. The highest BCUT2D eigenvalue weighted by Crippen LogP contribution is 2.15. The molecule has 5 heteroatoms. The maximum Gasteiger partial charge on any atom is 0.317 e. The monoisotopic (exact) mass is 254 g/mol. The third kappa shape index (κ3) is 5.60. The second kappa shape index (κ2) is 7.97. The van der Waals surface area contributed by atoms with Crippen LogP contribution in [0, 0.1) is 0 Å². The summed E-state index contributed by atoms with van der Waals surface area (Å²) in [6.07, 6.45) is 0. The van der Waals surface area contributed by atoms with Crippen LogP contribution in [0.5, 0.6) is 0 Å². The first-order valence-electron chi connectivity index (χ1n) is 5.51. The molecule has 0 unspecified atom stereocenters. The second-order valence-electron chi connectivity index (χ2n) is 3.54. The first-order chi connectivity index (χ1) is 8.24. The van der Waals surface area contributed by atoms with E-state index in [1.54, 1.807) is 18.8 Å². The molecule has 0 aliphatic carbocycles. The molecule has 0 aromatic heterocycles. The number of nitrogens with zero attached hydrogens (tertiary/aromatic N) is 1. The van der Waals surface area contributed by atoms with Crippen LogP contribution in [0.15, 0.2) is 35.2 Å². The Bertz CT molecular complexity index is 333. The molecule has 2 amide bonds. The summed E-state index contributed by atoms with van der Waals surface area (Å²) in [7, 11) is 1.66. The van der Waals surface area contributed by atoms with Gasteiger partial charge < -0.3 is 15.3 Å². The Balaban J connectivity index is 2.14. The van der Waals surface area contributed by atoms with Crippen LogP contribution in [0.2, 0.25) is 0 Å². The lowest BCUT2D eigenvalue weighted by molar-refractivity contribution is 0.191. The molecule has 2 N–H and O–H groups in total. The number of benzene rings is 1. The number of urea groups is 1. The fourth-order valence-corrected chi connectivity index (χ4v) is 2.02. The van der Waals surface area contributed by atoms with Crippen LogP contribution in [0.1, 0.15) is 0 Å². The number of hydrogen-bond acceptors (Lipinski definition) is 3. The second-order valence-corrected chi connectivity index (χ2v) is 4.71. The van der Waals surface area contributed by atoms with Gasteiger partial charge in [0.15, 0.2) is 0 Å². The zero-order valence-corrected chi connectivity index (χ0v) is 10.7. The number of thioether (sulfide) groups is 1. The lowest BCUT2D eigenvalue weighted by atomic mass is 10.4. The van der Waals surface area contributed by atoms with E-state index in [0.717, 1.165) is 5.75 Å². The SMILES string of the molecule is CN(CCO)C(=O)NCCSc1ccccc1. The van der Waals surface area contributed by atoms with Crippen molar-refractivity contribution in [2.24, 2.45) is 0 Å². The van der Waals surface area contributed by atoms with Gasteiger partial charge in [-0.25, -0.2) is 4.79 Å². The molecule has 1 aromatic carbocycles. The highest BCUT2D eigenvalue weighted by atomic mass is 32.2. The Kier molecular flexibility index (Phi) is 6.50. The molecule has 17 heavy (non-hydrogen) atoms.